The van der Waals surface area contributed by atoms with Gasteiger partial charge in [0.15, 0.2) is 0 Å². The summed E-state index contributed by atoms with van der Waals surface area (Å²) in [6.45, 7) is 4.75. The van der Waals surface area contributed by atoms with Gasteiger partial charge in [-0.1, -0.05) is 6.07 Å². The zero-order chi connectivity index (χ0) is 20.3. The first-order valence-corrected chi connectivity index (χ1v) is 10.8. The summed E-state index contributed by atoms with van der Waals surface area (Å²) in [5, 5.41) is 3.03. The average Bonchev–Trinajstić information content (AvgIpc) is 2.70. The number of aryl methyl sites for hydroxylation is 2. The first-order chi connectivity index (χ1) is 13.3. The number of rotatable bonds is 5. The predicted octanol–water partition coefficient (Wildman–Crippen LogP) is 2.90. The molecule has 2 aromatic rings. The lowest BCUT2D eigenvalue weighted by atomic mass is 10.0. The molecule has 3 rings (SSSR count). The van der Waals surface area contributed by atoms with Crippen molar-refractivity contribution in [2.45, 2.75) is 37.6 Å². The van der Waals surface area contributed by atoms with Gasteiger partial charge in [0.25, 0.3) is 5.91 Å². The van der Waals surface area contributed by atoms with Crippen molar-refractivity contribution in [1.82, 2.24) is 9.62 Å². The molecule has 0 saturated carbocycles. The third-order valence-electron chi connectivity index (χ3n) is 5.26. The molecule has 7 heteroatoms. The lowest BCUT2D eigenvalue weighted by molar-refractivity contribution is 0.0923. The molecule has 0 aliphatic carbocycles. The molecule has 150 valence electrons. The van der Waals surface area contributed by atoms with Crippen molar-refractivity contribution < 1.29 is 17.9 Å². The van der Waals surface area contributed by atoms with Gasteiger partial charge in [-0.2, -0.15) is 4.31 Å². The minimum Gasteiger partial charge on any atom is -0.497 e. The van der Waals surface area contributed by atoms with Crippen molar-refractivity contribution >= 4 is 15.9 Å². The molecule has 1 saturated heterocycles. The number of nitrogens with zero attached hydrogens (tertiary/aromatic N) is 1. The van der Waals surface area contributed by atoms with Gasteiger partial charge in [-0.3, -0.25) is 4.79 Å². The van der Waals surface area contributed by atoms with Crippen LogP contribution in [0.5, 0.6) is 5.75 Å². The van der Waals surface area contributed by atoms with Crippen molar-refractivity contribution in [3.63, 3.8) is 0 Å². The quantitative estimate of drug-likeness (QED) is 0.834. The van der Waals surface area contributed by atoms with E-state index in [1.165, 1.54) is 4.31 Å². The van der Waals surface area contributed by atoms with Crippen LogP contribution < -0.4 is 10.1 Å². The largest absolute Gasteiger partial charge is 0.497 e. The molecule has 0 atom stereocenters. The van der Waals surface area contributed by atoms with Gasteiger partial charge in [-0.05, 0) is 74.2 Å². The Kier molecular flexibility index (Phi) is 6.05. The van der Waals surface area contributed by atoms with Crippen molar-refractivity contribution in [3.8, 4) is 5.75 Å². The normalized spacial score (nSPS) is 16.0. The number of piperidine rings is 1. The van der Waals surface area contributed by atoms with E-state index in [1.807, 2.05) is 32.0 Å². The third kappa shape index (κ3) is 4.36. The SMILES string of the molecule is COc1ccc(S(=O)(=O)N2CCC(NC(=O)c3ccc(C)c(C)c3)CC2)cc1. The molecule has 6 nitrogen and oxygen atoms in total. The number of benzene rings is 2. The van der Waals surface area contributed by atoms with Crippen LogP contribution in [0.25, 0.3) is 0 Å². The number of nitrogens with one attached hydrogen (secondary N) is 1. The van der Waals surface area contributed by atoms with Crippen LogP contribution in [-0.2, 0) is 10.0 Å². The van der Waals surface area contributed by atoms with Gasteiger partial charge < -0.3 is 10.1 Å². The molecule has 0 radical (unpaired) electrons. The maximum atomic E-state index is 12.8. The molecule has 0 unspecified atom stereocenters. The second kappa shape index (κ2) is 8.32. The first-order valence-electron chi connectivity index (χ1n) is 9.33. The second-order valence-electron chi connectivity index (χ2n) is 7.13. The van der Waals surface area contributed by atoms with E-state index < -0.39 is 10.0 Å². The number of ether oxygens (including phenoxy) is 1. The highest BCUT2D eigenvalue weighted by atomic mass is 32.2. The Balaban J connectivity index is 1.60. The van der Waals surface area contributed by atoms with Crippen molar-refractivity contribution in [3.05, 3.63) is 59.2 Å². The van der Waals surface area contributed by atoms with E-state index in [0.717, 1.165) is 11.1 Å². The molecule has 0 aromatic heterocycles. The van der Waals surface area contributed by atoms with Crippen LogP contribution in [0.3, 0.4) is 0 Å². The van der Waals surface area contributed by atoms with Crippen molar-refractivity contribution in [2.24, 2.45) is 0 Å². The Morgan fingerprint density at radius 3 is 2.25 bits per heavy atom. The molecular weight excluding hydrogens is 376 g/mol. The van der Waals surface area contributed by atoms with Crippen LogP contribution in [0.4, 0.5) is 0 Å². The Hall–Kier alpha value is -2.38. The first kappa shape index (κ1) is 20.4. The molecule has 0 spiro atoms. The van der Waals surface area contributed by atoms with Gasteiger partial charge in [0.1, 0.15) is 5.75 Å². The molecule has 2 aromatic carbocycles. The minimum absolute atomic E-state index is 0.0311. The van der Waals surface area contributed by atoms with Crippen LogP contribution in [0, 0.1) is 13.8 Å². The highest BCUT2D eigenvalue weighted by molar-refractivity contribution is 7.89. The standard InChI is InChI=1S/C21H26N2O4S/c1-15-4-5-17(14-16(15)2)21(24)22-18-10-12-23(13-11-18)28(25,26)20-8-6-19(27-3)7-9-20/h4-9,14,18H,10-13H2,1-3H3,(H,22,24). The molecule has 1 heterocycles. The van der Waals surface area contributed by atoms with Gasteiger partial charge in [0.2, 0.25) is 10.0 Å². The number of hydrogen-bond acceptors (Lipinski definition) is 4. The third-order valence-corrected chi connectivity index (χ3v) is 7.17. The zero-order valence-corrected chi connectivity index (χ0v) is 17.3. The Morgan fingerprint density at radius 2 is 1.68 bits per heavy atom. The summed E-state index contributed by atoms with van der Waals surface area (Å²) in [4.78, 5) is 12.7. The van der Waals surface area contributed by atoms with E-state index in [0.29, 0.717) is 37.2 Å². The summed E-state index contributed by atoms with van der Waals surface area (Å²) in [6, 6.07) is 12.0. The smallest absolute Gasteiger partial charge is 0.251 e. The Labute approximate surface area is 166 Å². The van der Waals surface area contributed by atoms with E-state index in [1.54, 1.807) is 31.4 Å². The fourth-order valence-corrected chi connectivity index (χ4v) is 4.76. The van der Waals surface area contributed by atoms with Gasteiger partial charge in [-0.15, -0.1) is 0 Å². The molecular formula is C21H26N2O4S. The molecule has 1 fully saturated rings. The van der Waals surface area contributed by atoms with E-state index in [4.69, 9.17) is 4.74 Å². The van der Waals surface area contributed by atoms with Gasteiger partial charge >= 0.3 is 0 Å². The molecule has 1 N–H and O–H groups in total. The molecule has 28 heavy (non-hydrogen) atoms. The van der Waals surface area contributed by atoms with E-state index in [9.17, 15) is 13.2 Å². The summed E-state index contributed by atoms with van der Waals surface area (Å²) in [5.74, 6) is 0.506. The van der Waals surface area contributed by atoms with Gasteiger partial charge in [0, 0.05) is 24.7 Å². The van der Waals surface area contributed by atoms with Crippen molar-refractivity contribution in [2.75, 3.05) is 20.2 Å². The number of methoxy groups -OCH3 is 1. The minimum atomic E-state index is -3.54. The van der Waals surface area contributed by atoms with Crippen LogP contribution in [0.1, 0.15) is 34.3 Å². The average molecular weight is 403 g/mol. The second-order valence-corrected chi connectivity index (χ2v) is 9.06. The summed E-state index contributed by atoms with van der Waals surface area (Å²) in [7, 11) is -1.99. The number of hydrogen-bond donors (Lipinski definition) is 1. The predicted molar refractivity (Wildman–Crippen MR) is 108 cm³/mol. The molecule has 1 amide bonds. The lowest BCUT2D eigenvalue weighted by Crippen LogP contribution is -2.46. The summed E-state index contributed by atoms with van der Waals surface area (Å²) in [5.41, 5.74) is 2.86. The Morgan fingerprint density at radius 1 is 1.04 bits per heavy atom. The number of amides is 1. The Bertz CT molecular complexity index is 947. The maximum absolute atomic E-state index is 12.8. The maximum Gasteiger partial charge on any atom is 0.251 e. The van der Waals surface area contributed by atoms with Crippen LogP contribution in [0.15, 0.2) is 47.4 Å². The highest BCUT2D eigenvalue weighted by Crippen LogP contribution is 2.23. The fraction of sp³-hybridized carbons (Fsp3) is 0.381. The van der Waals surface area contributed by atoms with E-state index in [-0.39, 0.29) is 16.8 Å². The van der Waals surface area contributed by atoms with Crippen LogP contribution in [-0.4, -0.2) is 44.9 Å². The summed E-state index contributed by atoms with van der Waals surface area (Å²) >= 11 is 0. The monoisotopic (exact) mass is 402 g/mol. The molecule has 1 aliphatic heterocycles. The summed E-state index contributed by atoms with van der Waals surface area (Å²) < 4.78 is 32.2. The van der Waals surface area contributed by atoms with E-state index >= 15 is 0 Å². The van der Waals surface area contributed by atoms with Crippen LogP contribution in [0.2, 0.25) is 0 Å². The van der Waals surface area contributed by atoms with Gasteiger partial charge in [0.05, 0.1) is 12.0 Å². The molecule has 0 bridgehead atoms. The fourth-order valence-electron chi connectivity index (χ4n) is 3.29. The van der Waals surface area contributed by atoms with Crippen molar-refractivity contribution in [1.29, 1.82) is 0 Å². The number of carbonyl (C=O) groups excluding carboxylic acids is 1. The van der Waals surface area contributed by atoms with E-state index in [2.05, 4.69) is 5.32 Å². The topological polar surface area (TPSA) is 75.7 Å². The van der Waals surface area contributed by atoms with Crippen LogP contribution >= 0.6 is 0 Å². The number of sulfonamides is 1. The number of carbonyl (C=O) groups is 1. The molecule has 1 aliphatic rings. The zero-order valence-electron chi connectivity index (χ0n) is 16.4. The van der Waals surface area contributed by atoms with Gasteiger partial charge in [-0.25, -0.2) is 8.42 Å². The summed E-state index contributed by atoms with van der Waals surface area (Å²) in [6.07, 6.45) is 1.18. The lowest BCUT2D eigenvalue weighted by Gasteiger charge is -2.31. The highest BCUT2D eigenvalue weighted by Gasteiger charge is 2.30.